The van der Waals surface area contributed by atoms with Gasteiger partial charge in [-0.3, -0.25) is 0 Å². The van der Waals surface area contributed by atoms with Crippen LogP contribution in [-0.4, -0.2) is 23.9 Å². The molecule has 3 rings (SSSR count). The average Bonchev–Trinajstić information content (AvgIpc) is 2.75. The van der Waals surface area contributed by atoms with E-state index in [2.05, 4.69) is 91.0 Å². The molecular formula is C27H27O8P. The normalized spacial score (nSPS) is 8.36. The van der Waals surface area contributed by atoms with Crippen LogP contribution in [-0.2, 0) is 19.2 Å². The number of carbonyl (C=O) groups excluding carboxylic acids is 4. The monoisotopic (exact) mass is 510 g/mol. The fourth-order valence-corrected chi connectivity index (χ4v) is 4.48. The van der Waals surface area contributed by atoms with Gasteiger partial charge in [-0.1, -0.05) is 91.0 Å². The first kappa shape index (κ1) is 36.5. The predicted molar refractivity (Wildman–Crippen MR) is 131 cm³/mol. The second-order valence-corrected chi connectivity index (χ2v) is 8.53. The third-order valence-corrected chi connectivity index (χ3v) is 5.49. The summed E-state index contributed by atoms with van der Waals surface area (Å²) < 4.78 is 0. The van der Waals surface area contributed by atoms with Gasteiger partial charge in [0.25, 0.3) is 0 Å². The molecule has 0 radical (unpaired) electrons. The maximum Gasteiger partial charge on any atom is 4.00 e. The van der Waals surface area contributed by atoms with Gasteiger partial charge in [0, 0.05) is 23.9 Å². The van der Waals surface area contributed by atoms with E-state index >= 15 is 0 Å². The molecule has 0 aliphatic carbocycles. The van der Waals surface area contributed by atoms with Crippen LogP contribution in [0.1, 0.15) is 27.7 Å². The topological polar surface area (TPSA) is 161 Å². The van der Waals surface area contributed by atoms with Crippen LogP contribution in [0.2, 0.25) is 0 Å². The minimum atomic E-state index is -1.08. The summed E-state index contributed by atoms with van der Waals surface area (Å²) >= 11 is 0. The minimum Gasteiger partial charge on any atom is -0.550 e. The fourth-order valence-electron chi connectivity index (χ4n) is 2.18. The second kappa shape index (κ2) is 22.7. The van der Waals surface area contributed by atoms with E-state index < -0.39 is 31.8 Å². The van der Waals surface area contributed by atoms with E-state index in [1.807, 2.05) is 0 Å². The molecule has 0 aromatic heterocycles. The summed E-state index contributed by atoms with van der Waals surface area (Å²) in [6.07, 6.45) is 0. The largest absolute Gasteiger partial charge is 4.00 e. The van der Waals surface area contributed by atoms with E-state index in [4.69, 9.17) is 39.6 Å². The Kier molecular flexibility index (Phi) is 23.1. The Hall–Kier alpha value is -4.03. The summed E-state index contributed by atoms with van der Waals surface area (Å²) in [7, 11) is -0.446. The summed E-state index contributed by atoms with van der Waals surface area (Å²) in [5, 5.41) is 39.7. The van der Waals surface area contributed by atoms with Crippen molar-refractivity contribution in [1.82, 2.24) is 0 Å². The first-order chi connectivity index (χ1) is 16.4. The maximum absolute atomic E-state index is 8.89. The van der Waals surface area contributed by atoms with Gasteiger partial charge in [-0.25, -0.2) is 0 Å². The van der Waals surface area contributed by atoms with Gasteiger partial charge in [0.15, 0.2) is 0 Å². The van der Waals surface area contributed by atoms with Crippen molar-refractivity contribution in [1.29, 1.82) is 0 Å². The third-order valence-electron chi connectivity index (χ3n) is 3.04. The minimum absolute atomic E-state index is 0. The van der Waals surface area contributed by atoms with Crippen LogP contribution < -0.4 is 36.3 Å². The molecule has 3 aromatic rings. The van der Waals surface area contributed by atoms with Crippen molar-refractivity contribution in [3.8, 4) is 0 Å². The predicted octanol–water partition coefficient (Wildman–Crippen LogP) is -1.45. The van der Waals surface area contributed by atoms with Crippen molar-refractivity contribution in [2.24, 2.45) is 0 Å². The molecule has 0 bridgehead atoms. The van der Waals surface area contributed by atoms with Crippen molar-refractivity contribution < 1.29 is 39.6 Å². The van der Waals surface area contributed by atoms with Gasteiger partial charge in [-0.05, 0) is 51.5 Å². The first-order valence-electron chi connectivity index (χ1n) is 10.0. The molecule has 0 saturated heterocycles. The molecule has 0 saturated carbocycles. The zero-order valence-corrected chi connectivity index (χ0v) is 21.3. The summed E-state index contributed by atoms with van der Waals surface area (Å²) in [5.41, 5.74) is 0. The maximum atomic E-state index is 8.89. The number of aliphatic carboxylic acids is 4. The second-order valence-electron chi connectivity index (χ2n) is 6.31. The smallest absolute Gasteiger partial charge is 0.550 e. The molecule has 0 spiro atoms. The third kappa shape index (κ3) is 24.6. The van der Waals surface area contributed by atoms with Crippen LogP contribution in [0.3, 0.4) is 0 Å². The van der Waals surface area contributed by atoms with Crippen LogP contribution in [0.4, 0.5) is 0 Å². The molecule has 0 amide bonds. The van der Waals surface area contributed by atoms with E-state index in [1.54, 1.807) is 0 Å². The molecule has 0 aliphatic rings. The van der Waals surface area contributed by atoms with Gasteiger partial charge < -0.3 is 39.6 Å². The molecule has 0 aliphatic heterocycles. The van der Waals surface area contributed by atoms with Crippen LogP contribution in [0, 0.1) is 7.43 Å². The summed E-state index contributed by atoms with van der Waals surface area (Å²) in [4.78, 5) is 35.6. The Labute approximate surface area is 213 Å². The number of rotatable bonds is 3. The Morgan fingerprint density at radius 1 is 0.444 bits per heavy atom. The van der Waals surface area contributed by atoms with Crippen LogP contribution >= 0.6 is 7.92 Å². The Bertz CT molecular complexity index is 836. The molecule has 0 heterocycles. The zero-order chi connectivity index (χ0) is 27.2. The van der Waals surface area contributed by atoms with Gasteiger partial charge in [0.2, 0.25) is 0 Å². The molecule has 9 heteroatoms. The van der Waals surface area contributed by atoms with Crippen LogP contribution in [0.15, 0.2) is 91.0 Å². The number of carboxylic acids is 4. The average molecular weight is 510 g/mol. The quantitative estimate of drug-likeness (QED) is 0.387. The number of benzene rings is 3. The van der Waals surface area contributed by atoms with Crippen LogP contribution in [0.25, 0.3) is 0 Å². The Morgan fingerprint density at radius 2 is 0.583 bits per heavy atom. The standard InChI is InChI=1S/C18H15P.4C2H4O2.C/c1-4-10-16(11-5-1)19(17-12-6-2-7-13-17)18-14-8-3-9-15-18;4*1-2(3)4;/h1-15H;4*1H3,(H,3,4);/q;;;;;+4/p-4. The molecule has 0 fully saturated rings. The molecule has 188 valence electrons. The molecule has 0 atom stereocenters. The number of hydrogen-bond acceptors (Lipinski definition) is 8. The van der Waals surface area contributed by atoms with Crippen molar-refractivity contribution in [3.05, 3.63) is 98.4 Å². The van der Waals surface area contributed by atoms with Crippen molar-refractivity contribution >= 4 is 47.7 Å². The van der Waals surface area contributed by atoms with E-state index in [9.17, 15) is 0 Å². The fraction of sp³-hybridized carbons (Fsp3) is 0.148. The number of carboxylic acid groups (broad SMARTS) is 4. The summed E-state index contributed by atoms with van der Waals surface area (Å²) in [5.74, 6) is -4.33. The molecule has 0 N–H and O–H groups in total. The van der Waals surface area contributed by atoms with Gasteiger partial charge in [0.1, 0.15) is 0 Å². The van der Waals surface area contributed by atoms with Gasteiger partial charge in [-0.2, -0.15) is 0 Å². The summed E-state index contributed by atoms with van der Waals surface area (Å²) in [6.45, 7) is 3.89. The van der Waals surface area contributed by atoms with E-state index in [-0.39, 0.29) is 7.43 Å². The molecule has 8 nitrogen and oxygen atoms in total. The summed E-state index contributed by atoms with van der Waals surface area (Å²) in [6, 6.07) is 32.3. The molecule has 3 aromatic carbocycles. The van der Waals surface area contributed by atoms with E-state index in [0.29, 0.717) is 0 Å². The van der Waals surface area contributed by atoms with E-state index in [1.165, 1.54) is 15.9 Å². The van der Waals surface area contributed by atoms with Gasteiger partial charge >= 0.3 is 7.43 Å². The van der Waals surface area contributed by atoms with Gasteiger partial charge in [0.05, 0.1) is 0 Å². The van der Waals surface area contributed by atoms with Crippen molar-refractivity contribution in [2.45, 2.75) is 27.7 Å². The Morgan fingerprint density at radius 3 is 0.722 bits per heavy atom. The number of hydrogen-bond donors (Lipinski definition) is 0. The van der Waals surface area contributed by atoms with Crippen molar-refractivity contribution in [2.75, 3.05) is 0 Å². The van der Waals surface area contributed by atoms with Crippen molar-refractivity contribution in [3.63, 3.8) is 0 Å². The zero-order valence-electron chi connectivity index (χ0n) is 20.4. The Balaban J connectivity index is -0.000000531. The van der Waals surface area contributed by atoms with Crippen LogP contribution in [0.5, 0.6) is 0 Å². The molecular weight excluding hydrogens is 483 g/mol. The van der Waals surface area contributed by atoms with Gasteiger partial charge in [-0.15, -0.1) is 0 Å². The molecule has 0 unspecified atom stereocenters. The SMILES string of the molecule is CC(=O)[O-].CC(=O)[O-].CC(=O)[O-].CC(=O)[O-].[C+4].c1ccc(P(c2ccccc2)c2ccccc2)cc1. The first-order valence-corrected chi connectivity index (χ1v) is 11.4. The molecule has 36 heavy (non-hydrogen) atoms. The van der Waals surface area contributed by atoms with E-state index in [0.717, 1.165) is 27.7 Å². The number of carbonyl (C=O) groups is 4.